The number of nitrogens with zero attached hydrogens (tertiary/aromatic N) is 2. The first-order valence-electron chi connectivity index (χ1n) is 8.45. The Morgan fingerprint density at radius 2 is 1.24 bits per heavy atom. The van der Waals surface area contributed by atoms with Gasteiger partial charge >= 0.3 is 11.8 Å². The maximum Gasteiger partial charge on any atom is 0.307 e. The number of hydrogen-bond acceptors (Lipinski definition) is 5. The minimum absolute atomic E-state index is 0.0223. The van der Waals surface area contributed by atoms with E-state index in [2.05, 4.69) is 48.7 Å². The van der Waals surface area contributed by atoms with Crippen LogP contribution in [0.2, 0.25) is 0 Å². The summed E-state index contributed by atoms with van der Waals surface area (Å²) in [6.45, 7) is 12.0. The minimum Gasteiger partial charge on any atom is -0.446 e. The van der Waals surface area contributed by atoms with E-state index in [4.69, 9.17) is 4.42 Å². The maximum atomic E-state index is 12.0. The molecule has 1 rings (SSSR count). The van der Waals surface area contributed by atoms with Gasteiger partial charge in [0.1, 0.15) is 0 Å². The summed E-state index contributed by atoms with van der Waals surface area (Å²) in [6, 6.07) is 2.87. The summed E-state index contributed by atoms with van der Waals surface area (Å²) in [4.78, 5) is 24.0. The first kappa shape index (κ1) is 20.6. The van der Waals surface area contributed by atoms with E-state index in [1.807, 2.05) is 13.8 Å². The Morgan fingerprint density at radius 3 is 1.56 bits per heavy atom. The molecule has 0 radical (unpaired) electrons. The van der Waals surface area contributed by atoms with Crippen LogP contribution in [0.3, 0.4) is 0 Å². The van der Waals surface area contributed by atoms with E-state index in [1.54, 1.807) is 0 Å². The van der Waals surface area contributed by atoms with Crippen LogP contribution in [0.4, 0.5) is 0 Å². The van der Waals surface area contributed by atoms with Crippen molar-refractivity contribution in [3.8, 4) is 0 Å². The number of nitrogens with one attached hydrogen (secondary N) is 2. The van der Waals surface area contributed by atoms with Crippen molar-refractivity contribution in [2.45, 2.75) is 54.4 Å². The largest absolute Gasteiger partial charge is 0.446 e. The Balaban J connectivity index is 2.63. The fourth-order valence-electron chi connectivity index (χ4n) is 2.26. The molecule has 0 fully saturated rings. The highest BCUT2D eigenvalue weighted by Gasteiger charge is 2.15. The van der Waals surface area contributed by atoms with Crippen LogP contribution in [0.25, 0.3) is 0 Å². The van der Waals surface area contributed by atoms with E-state index in [0.717, 1.165) is 24.3 Å². The van der Waals surface area contributed by atoms with Gasteiger partial charge in [-0.1, -0.05) is 27.7 Å². The third-order valence-corrected chi connectivity index (χ3v) is 3.16. The molecule has 0 bridgehead atoms. The molecule has 7 nitrogen and oxygen atoms in total. The lowest BCUT2D eigenvalue weighted by atomic mass is 10.1. The fourth-order valence-corrected chi connectivity index (χ4v) is 2.26. The quantitative estimate of drug-likeness (QED) is 0.555. The minimum atomic E-state index is -0.498. The zero-order chi connectivity index (χ0) is 19.0. The van der Waals surface area contributed by atoms with E-state index >= 15 is 0 Å². The molecule has 1 heterocycles. The lowest BCUT2D eigenvalue weighted by molar-refractivity contribution is 0.0902. The molecular formula is C18H28N4O3. The van der Waals surface area contributed by atoms with Gasteiger partial charge in [0, 0.05) is 11.4 Å². The second-order valence-corrected chi connectivity index (χ2v) is 6.94. The predicted octanol–water partition coefficient (Wildman–Crippen LogP) is 3.58. The molecule has 1 aromatic heterocycles. The van der Waals surface area contributed by atoms with Crippen LogP contribution in [-0.4, -0.2) is 23.2 Å². The smallest absolute Gasteiger partial charge is 0.307 e. The third kappa shape index (κ3) is 7.78. The van der Waals surface area contributed by atoms with E-state index in [-0.39, 0.29) is 11.5 Å². The lowest BCUT2D eigenvalue weighted by Gasteiger charge is -2.04. The Labute approximate surface area is 148 Å². The van der Waals surface area contributed by atoms with Crippen molar-refractivity contribution < 1.29 is 14.0 Å². The Bertz CT molecular complexity index is 603. The summed E-state index contributed by atoms with van der Waals surface area (Å²) < 4.78 is 5.27. The first-order valence-corrected chi connectivity index (χ1v) is 8.45. The molecule has 0 aromatic carbocycles. The van der Waals surface area contributed by atoms with Gasteiger partial charge in [0.05, 0.1) is 0 Å². The SMILES string of the molecule is C/C(CC(C)C)=N/NC(=O)c1ccc(C(=O)N/N=C(/C)CC(C)C)o1. The molecule has 0 aliphatic rings. The van der Waals surface area contributed by atoms with E-state index in [0.29, 0.717) is 11.8 Å². The molecule has 0 aliphatic carbocycles. The predicted molar refractivity (Wildman–Crippen MR) is 98.8 cm³/mol. The van der Waals surface area contributed by atoms with Crippen LogP contribution >= 0.6 is 0 Å². The highest BCUT2D eigenvalue weighted by atomic mass is 16.4. The van der Waals surface area contributed by atoms with Crippen molar-refractivity contribution in [1.29, 1.82) is 0 Å². The molecule has 7 heteroatoms. The van der Waals surface area contributed by atoms with Crippen molar-refractivity contribution in [3.05, 3.63) is 23.7 Å². The van der Waals surface area contributed by atoms with Gasteiger partial charge in [-0.3, -0.25) is 9.59 Å². The Morgan fingerprint density at radius 1 is 0.880 bits per heavy atom. The van der Waals surface area contributed by atoms with E-state index in [1.165, 1.54) is 12.1 Å². The number of hydrazone groups is 2. The highest BCUT2D eigenvalue weighted by Crippen LogP contribution is 2.08. The standard InChI is InChI=1S/C18H28N4O3/c1-11(2)9-13(5)19-21-17(23)15-7-8-16(25-15)18(24)22-20-14(6)10-12(3)4/h7-8,11-12H,9-10H2,1-6H3,(H,21,23)(H,22,24)/b19-13-,20-14-. The maximum absolute atomic E-state index is 12.0. The molecule has 138 valence electrons. The average Bonchev–Trinajstić information content (AvgIpc) is 2.99. The summed E-state index contributed by atoms with van der Waals surface area (Å²) in [5.41, 5.74) is 6.49. The second kappa shape index (κ2) is 9.76. The van der Waals surface area contributed by atoms with Crippen LogP contribution in [0, 0.1) is 11.8 Å². The molecule has 2 N–H and O–H groups in total. The molecule has 0 spiro atoms. The second-order valence-electron chi connectivity index (χ2n) is 6.94. The van der Waals surface area contributed by atoms with Crippen LogP contribution < -0.4 is 10.9 Å². The number of carbonyl (C=O) groups is 2. The zero-order valence-electron chi connectivity index (χ0n) is 15.8. The summed E-state index contributed by atoms with van der Waals surface area (Å²) in [7, 11) is 0. The van der Waals surface area contributed by atoms with Gasteiger partial charge < -0.3 is 4.42 Å². The number of rotatable bonds is 8. The average molecular weight is 348 g/mol. The Kier molecular flexibility index (Phi) is 8.04. The van der Waals surface area contributed by atoms with E-state index < -0.39 is 11.8 Å². The van der Waals surface area contributed by atoms with Gasteiger partial charge in [-0.25, -0.2) is 10.9 Å². The van der Waals surface area contributed by atoms with Crippen molar-refractivity contribution >= 4 is 23.2 Å². The summed E-state index contributed by atoms with van der Waals surface area (Å²) in [5, 5.41) is 8.03. The third-order valence-electron chi connectivity index (χ3n) is 3.16. The highest BCUT2D eigenvalue weighted by molar-refractivity contribution is 5.96. The number of hydrogen-bond donors (Lipinski definition) is 2. The zero-order valence-corrected chi connectivity index (χ0v) is 15.8. The monoisotopic (exact) mass is 348 g/mol. The molecule has 0 saturated heterocycles. The number of amides is 2. The summed E-state index contributed by atoms with van der Waals surface area (Å²) in [6.07, 6.45) is 1.58. The van der Waals surface area contributed by atoms with Crippen LogP contribution in [0.15, 0.2) is 26.8 Å². The number of carbonyl (C=O) groups excluding carboxylic acids is 2. The van der Waals surface area contributed by atoms with Crippen LogP contribution in [-0.2, 0) is 0 Å². The summed E-state index contributed by atoms with van der Waals surface area (Å²) in [5.74, 6) is -0.0370. The molecule has 2 amide bonds. The van der Waals surface area contributed by atoms with Crippen LogP contribution in [0.5, 0.6) is 0 Å². The van der Waals surface area contributed by atoms with Crippen molar-refractivity contribution in [1.82, 2.24) is 10.9 Å². The summed E-state index contributed by atoms with van der Waals surface area (Å²) >= 11 is 0. The van der Waals surface area contributed by atoms with Gasteiger partial charge in [-0.05, 0) is 50.7 Å². The topological polar surface area (TPSA) is 96.1 Å². The molecule has 0 atom stereocenters. The van der Waals surface area contributed by atoms with Gasteiger partial charge in [0.25, 0.3) is 0 Å². The molecular weight excluding hydrogens is 320 g/mol. The molecule has 0 saturated carbocycles. The first-order chi connectivity index (χ1) is 11.7. The molecule has 25 heavy (non-hydrogen) atoms. The van der Waals surface area contributed by atoms with Crippen molar-refractivity contribution in [2.75, 3.05) is 0 Å². The van der Waals surface area contributed by atoms with Gasteiger partial charge in [0.2, 0.25) is 0 Å². The Hall–Kier alpha value is -2.44. The van der Waals surface area contributed by atoms with Crippen molar-refractivity contribution in [2.24, 2.45) is 22.0 Å². The van der Waals surface area contributed by atoms with Crippen molar-refractivity contribution in [3.63, 3.8) is 0 Å². The molecule has 0 unspecified atom stereocenters. The fraction of sp³-hybridized carbons (Fsp3) is 0.556. The molecule has 1 aromatic rings. The van der Waals surface area contributed by atoms with Gasteiger partial charge in [0.15, 0.2) is 11.5 Å². The van der Waals surface area contributed by atoms with Gasteiger partial charge in [-0.15, -0.1) is 0 Å². The normalized spacial score (nSPS) is 12.6. The van der Waals surface area contributed by atoms with Crippen LogP contribution in [0.1, 0.15) is 75.5 Å². The lowest BCUT2D eigenvalue weighted by Crippen LogP contribution is -2.20. The van der Waals surface area contributed by atoms with E-state index in [9.17, 15) is 9.59 Å². The molecule has 0 aliphatic heterocycles. The van der Waals surface area contributed by atoms with Gasteiger partial charge in [-0.2, -0.15) is 10.2 Å². The number of furan rings is 1.